The smallest absolute Gasteiger partial charge is 0.269 e. The van der Waals surface area contributed by atoms with Gasteiger partial charge in [-0.3, -0.25) is 19.7 Å². The van der Waals surface area contributed by atoms with E-state index in [0.29, 0.717) is 34.9 Å². The average Bonchev–Trinajstić information content (AvgIpc) is 2.79. The molecular weight excluding hydrogens is 432 g/mol. The van der Waals surface area contributed by atoms with E-state index in [4.69, 9.17) is 11.6 Å². The summed E-state index contributed by atoms with van der Waals surface area (Å²) in [6.07, 6.45) is 0.821. The Bertz CT molecular complexity index is 1100. The number of halogens is 1. The summed E-state index contributed by atoms with van der Waals surface area (Å²) in [6, 6.07) is 19.6. The van der Waals surface area contributed by atoms with Crippen molar-refractivity contribution in [1.82, 2.24) is 0 Å². The number of nitro groups is 1. The van der Waals surface area contributed by atoms with Crippen LogP contribution in [0.2, 0.25) is 5.02 Å². The van der Waals surface area contributed by atoms with Crippen LogP contribution in [0, 0.1) is 10.1 Å². The predicted molar refractivity (Wildman–Crippen MR) is 125 cm³/mol. The van der Waals surface area contributed by atoms with Crippen molar-refractivity contribution >= 4 is 46.2 Å². The second kappa shape index (κ2) is 10.9. The molecule has 0 radical (unpaired) electrons. The Balaban J connectivity index is 1.49. The zero-order valence-corrected chi connectivity index (χ0v) is 17.8. The number of nitro benzene ring substituents is 1. The first-order valence-electron chi connectivity index (χ1n) is 9.86. The molecule has 8 nitrogen and oxygen atoms in total. The number of nitrogens with one attached hydrogen (secondary N) is 3. The van der Waals surface area contributed by atoms with Gasteiger partial charge in [0.1, 0.15) is 0 Å². The zero-order valence-electron chi connectivity index (χ0n) is 17.0. The molecule has 0 fully saturated rings. The molecule has 2 amide bonds. The van der Waals surface area contributed by atoms with Crippen molar-refractivity contribution < 1.29 is 14.5 Å². The molecule has 0 aliphatic carbocycles. The predicted octanol–water partition coefficient (Wildman–Crippen LogP) is 5.33. The van der Waals surface area contributed by atoms with Crippen LogP contribution >= 0.6 is 11.6 Å². The third-order valence-corrected chi connectivity index (χ3v) is 4.80. The van der Waals surface area contributed by atoms with Gasteiger partial charge in [0.25, 0.3) is 11.6 Å². The molecule has 3 N–H and O–H groups in total. The first-order valence-corrected chi connectivity index (χ1v) is 10.2. The lowest BCUT2D eigenvalue weighted by Crippen LogP contribution is -2.17. The van der Waals surface area contributed by atoms with Gasteiger partial charge in [-0.2, -0.15) is 0 Å². The van der Waals surface area contributed by atoms with E-state index in [2.05, 4.69) is 16.0 Å². The summed E-state index contributed by atoms with van der Waals surface area (Å²) in [5.41, 5.74) is 2.21. The second-order valence-corrected chi connectivity index (χ2v) is 7.33. The highest BCUT2D eigenvalue weighted by Gasteiger charge is 2.11. The van der Waals surface area contributed by atoms with Crippen molar-refractivity contribution in [2.45, 2.75) is 12.8 Å². The Morgan fingerprint density at radius 1 is 0.875 bits per heavy atom. The third kappa shape index (κ3) is 6.55. The molecule has 0 spiro atoms. The van der Waals surface area contributed by atoms with Gasteiger partial charge in [-0.25, -0.2) is 0 Å². The Morgan fingerprint density at radius 3 is 2.12 bits per heavy atom. The van der Waals surface area contributed by atoms with E-state index in [0.717, 1.165) is 5.69 Å². The molecule has 0 heterocycles. The van der Waals surface area contributed by atoms with Gasteiger partial charge in [0, 0.05) is 41.4 Å². The number of rotatable bonds is 9. The van der Waals surface area contributed by atoms with Gasteiger partial charge >= 0.3 is 0 Å². The molecule has 9 heteroatoms. The number of para-hydroxylation sites is 2. The number of hydrogen-bond donors (Lipinski definition) is 3. The molecule has 32 heavy (non-hydrogen) atoms. The van der Waals surface area contributed by atoms with E-state index in [1.165, 1.54) is 12.1 Å². The number of carbonyl (C=O) groups excluding carboxylic acids is 2. The number of hydrogen-bond acceptors (Lipinski definition) is 5. The van der Waals surface area contributed by atoms with Crippen LogP contribution in [-0.4, -0.2) is 23.3 Å². The van der Waals surface area contributed by atoms with Gasteiger partial charge in [0.2, 0.25) is 5.91 Å². The van der Waals surface area contributed by atoms with E-state index in [-0.39, 0.29) is 23.9 Å². The lowest BCUT2D eigenvalue weighted by molar-refractivity contribution is -0.384. The van der Waals surface area contributed by atoms with Crippen LogP contribution in [-0.2, 0) is 4.79 Å². The van der Waals surface area contributed by atoms with Crippen LogP contribution in [0.4, 0.5) is 22.7 Å². The highest BCUT2D eigenvalue weighted by molar-refractivity contribution is 6.30. The lowest BCUT2D eigenvalue weighted by Gasteiger charge is -2.12. The van der Waals surface area contributed by atoms with Crippen LogP contribution in [0.1, 0.15) is 23.2 Å². The van der Waals surface area contributed by atoms with Crippen LogP contribution in [0.5, 0.6) is 0 Å². The van der Waals surface area contributed by atoms with Crippen molar-refractivity contribution in [3.05, 3.63) is 93.5 Å². The summed E-state index contributed by atoms with van der Waals surface area (Å²) in [6.45, 7) is 0.528. The van der Waals surface area contributed by atoms with Gasteiger partial charge in [-0.15, -0.1) is 0 Å². The van der Waals surface area contributed by atoms with E-state index < -0.39 is 4.92 Å². The average molecular weight is 453 g/mol. The van der Waals surface area contributed by atoms with Crippen molar-refractivity contribution in [2.24, 2.45) is 0 Å². The lowest BCUT2D eigenvalue weighted by atomic mass is 10.2. The Kier molecular flexibility index (Phi) is 7.77. The maximum absolute atomic E-state index is 12.5. The SMILES string of the molecule is O=C(CCCNc1ccc([N+](=O)[O-])cc1)Nc1ccccc1NC(=O)c1ccc(Cl)cc1. The summed E-state index contributed by atoms with van der Waals surface area (Å²) in [7, 11) is 0. The third-order valence-electron chi connectivity index (χ3n) is 4.54. The Labute approximate surface area is 189 Å². The molecule has 3 aromatic rings. The monoisotopic (exact) mass is 452 g/mol. The van der Waals surface area contributed by atoms with Crippen LogP contribution in [0.15, 0.2) is 72.8 Å². The molecule has 0 aliphatic rings. The number of non-ortho nitro benzene ring substituents is 1. The number of benzene rings is 3. The minimum absolute atomic E-state index is 0.0248. The van der Waals surface area contributed by atoms with Crippen molar-refractivity contribution in [2.75, 3.05) is 22.5 Å². The summed E-state index contributed by atoms with van der Waals surface area (Å²) in [5, 5.41) is 20.0. The van der Waals surface area contributed by atoms with Crippen molar-refractivity contribution in [3.63, 3.8) is 0 Å². The maximum Gasteiger partial charge on any atom is 0.269 e. The van der Waals surface area contributed by atoms with Crippen LogP contribution in [0.25, 0.3) is 0 Å². The van der Waals surface area contributed by atoms with Gasteiger partial charge in [0.05, 0.1) is 16.3 Å². The molecule has 3 rings (SSSR count). The van der Waals surface area contributed by atoms with Crippen molar-refractivity contribution in [1.29, 1.82) is 0 Å². The van der Waals surface area contributed by atoms with E-state index >= 15 is 0 Å². The second-order valence-electron chi connectivity index (χ2n) is 6.89. The number of carbonyl (C=O) groups is 2. The molecule has 0 bridgehead atoms. The quantitative estimate of drug-likeness (QED) is 0.230. The van der Waals surface area contributed by atoms with E-state index in [1.807, 2.05) is 0 Å². The molecule has 164 valence electrons. The highest BCUT2D eigenvalue weighted by Crippen LogP contribution is 2.22. The van der Waals surface area contributed by atoms with Gasteiger partial charge in [-0.1, -0.05) is 23.7 Å². The minimum Gasteiger partial charge on any atom is -0.385 e. The van der Waals surface area contributed by atoms with Crippen molar-refractivity contribution in [3.8, 4) is 0 Å². The molecule has 0 saturated heterocycles. The molecule has 0 unspecified atom stereocenters. The number of amides is 2. The van der Waals surface area contributed by atoms with Crippen LogP contribution in [0.3, 0.4) is 0 Å². The standard InChI is InChI=1S/C23H21ClN4O4/c24-17-9-7-16(8-10-17)23(30)27-21-5-2-1-4-20(21)26-22(29)6-3-15-25-18-11-13-19(14-12-18)28(31)32/h1-2,4-5,7-14,25H,3,6,15H2,(H,26,29)(H,27,30). The fraction of sp³-hybridized carbons (Fsp3) is 0.130. The first kappa shape index (κ1) is 22.8. The van der Waals surface area contributed by atoms with Crippen LogP contribution < -0.4 is 16.0 Å². The van der Waals surface area contributed by atoms with Gasteiger partial charge in [0.15, 0.2) is 0 Å². The molecule has 0 saturated carbocycles. The molecule has 0 atom stereocenters. The highest BCUT2D eigenvalue weighted by atomic mass is 35.5. The fourth-order valence-corrected chi connectivity index (χ4v) is 3.02. The number of anilines is 3. The minimum atomic E-state index is -0.455. The van der Waals surface area contributed by atoms with Gasteiger partial charge < -0.3 is 16.0 Å². The molecule has 0 aromatic heterocycles. The molecular formula is C23H21ClN4O4. The molecule has 3 aromatic carbocycles. The normalized spacial score (nSPS) is 10.3. The zero-order chi connectivity index (χ0) is 22.9. The summed E-state index contributed by atoms with van der Waals surface area (Å²) in [5.74, 6) is -0.501. The summed E-state index contributed by atoms with van der Waals surface area (Å²) in [4.78, 5) is 35.0. The summed E-state index contributed by atoms with van der Waals surface area (Å²) < 4.78 is 0. The molecule has 0 aliphatic heterocycles. The Hall–Kier alpha value is -3.91. The largest absolute Gasteiger partial charge is 0.385 e. The Morgan fingerprint density at radius 2 is 1.50 bits per heavy atom. The maximum atomic E-state index is 12.5. The van der Waals surface area contributed by atoms with E-state index in [9.17, 15) is 19.7 Å². The topological polar surface area (TPSA) is 113 Å². The summed E-state index contributed by atoms with van der Waals surface area (Å²) >= 11 is 5.86. The van der Waals surface area contributed by atoms with Gasteiger partial charge in [-0.05, 0) is 55.0 Å². The fourth-order valence-electron chi connectivity index (χ4n) is 2.89. The number of nitrogens with zero attached hydrogens (tertiary/aromatic N) is 1. The van der Waals surface area contributed by atoms with E-state index in [1.54, 1.807) is 60.7 Å². The first-order chi connectivity index (χ1) is 15.4.